The topological polar surface area (TPSA) is 53.7 Å². The highest BCUT2D eigenvalue weighted by Crippen LogP contribution is 2.30. The maximum atomic E-state index is 5.49. The Kier molecular flexibility index (Phi) is 4.02. The normalized spacial score (nSPS) is 13.8. The SMILES string of the molecule is NCCCOCc1ccc2c(c1)OCCO2. The lowest BCUT2D eigenvalue weighted by Crippen LogP contribution is -2.15. The van der Waals surface area contributed by atoms with Crippen molar-refractivity contribution in [3.05, 3.63) is 23.8 Å². The molecule has 1 aromatic rings. The summed E-state index contributed by atoms with van der Waals surface area (Å²) in [5.41, 5.74) is 6.48. The maximum absolute atomic E-state index is 5.49. The van der Waals surface area contributed by atoms with Crippen molar-refractivity contribution >= 4 is 0 Å². The Morgan fingerprint density at radius 2 is 2.00 bits per heavy atom. The quantitative estimate of drug-likeness (QED) is 0.765. The number of benzene rings is 1. The molecule has 0 bridgehead atoms. The fourth-order valence-corrected chi connectivity index (χ4v) is 1.55. The first-order valence-corrected chi connectivity index (χ1v) is 5.56. The van der Waals surface area contributed by atoms with Gasteiger partial charge in [-0.2, -0.15) is 0 Å². The Balaban J connectivity index is 1.90. The van der Waals surface area contributed by atoms with Gasteiger partial charge >= 0.3 is 0 Å². The van der Waals surface area contributed by atoms with E-state index in [0.29, 0.717) is 33.0 Å². The number of rotatable bonds is 5. The van der Waals surface area contributed by atoms with Crippen molar-refractivity contribution in [2.24, 2.45) is 5.73 Å². The Morgan fingerprint density at radius 1 is 1.19 bits per heavy atom. The van der Waals surface area contributed by atoms with Gasteiger partial charge in [-0.25, -0.2) is 0 Å². The van der Waals surface area contributed by atoms with Crippen LogP contribution in [-0.4, -0.2) is 26.4 Å². The van der Waals surface area contributed by atoms with E-state index in [0.717, 1.165) is 23.5 Å². The average molecular weight is 223 g/mol. The number of hydrogen-bond acceptors (Lipinski definition) is 4. The van der Waals surface area contributed by atoms with Crippen LogP contribution in [0.3, 0.4) is 0 Å². The summed E-state index contributed by atoms with van der Waals surface area (Å²) in [5.74, 6) is 1.63. The molecule has 0 radical (unpaired) electrons. The molecular weight excluding hydrogens is 206 g/mol. The second-order valence-corrected chi connectivity index (χ2v) is 3.67. The van der Waals surface area contributed by atoms with E-state index in [1.807, 2.05) is 18.2 Å². The van der Waals surface area contributed by atoms with Crippen LogP contribution < -0.4 is 15.2 Å². The first kappa shape index (κ1) is 11.2. The molecule has 0 unspecified atom stereocenters. The van der Waals surface area contributed by atoms with Crippen LogP contribution in [0.1, 0.15) is 12.0 Å². The summed E-state index contributed by atoms with van der Waals surface area (Å²) >= 11 is 0. The van der Waals surface area contributed by atoms with Gasteiger partial charge in [0, 0.05) is 6.61 Å². The minimum atomic E-state index is 0.594. The Bertz CT molecular complexity index is 341. The van der Waals surface area contributed by atoms with E-state index in [-0.39, 0.29) is 0 Å². The predicted molar refractivity (Wildman–Crippen MR) is 60.8 cm³/mol. The van der Waals surface area contributed by atoms with Crippen LogP contribution in [0.4, 0.5) is 0 Å². The molecule has 88 valence electrons. The van der Waals surface area contributed by atoms with Gasteiger partial charge in [0.1, 0.15) is 13.2 Å². The van der Waals surface area contributed by atoms with Crippen molar-refractivity contribution in [2.75, 3.05) is 26.4 Å². The molecule has 16 heavy (non-hydrogen) atoms. The molecule has 1 aromatic carbocycles. The number of nitrogens with two attached hydrogens (primary N) is 1. The smallest absolute Gasteiger partial charge is 0.161 e. The van der Waals surface area contributed by atoms with Crippen LogP contribution in [0.2, 0.25) is 0 Å². The molecule has 1 heterocycles. The minimum absolute atomic E-state index is 0.594. The largest absolute Gasteiger partial charge is 0.486 e. The predicted octanol–water partition coefficient (Wildman–Crippen LogP) is 1.32. The highest BCUT2D eigenvalue weighted by molar-refractivity contribution is 5.43. The lowest BCUT2D eigenvalue weighted by molar-refractivity contribution is 0.119. The zero-order valence-electron chi connectivity index (χ0n) is 9.28. The van der Waals surface area contributed by atoms with Gasteiger partial charge in [-0.05, 0) is 30.7 Å². The van der Waals surface area contributed by atoms with Crippen LogP contribution in [0.15, 0.2) is 18.2 Å². The van der Waals surface area contributed by atoms with E-state index in [4.69, 9.17) is 19.9 Å². The standard InChI is InChI=1S/C12H17NO3/c13-4-1-5-14-9-10-2-3-11-12(8-10)16-7-6-15-11/h2-3,8H,1,4-7,9,13H2. The Hall–Kier alpha value is -1.26. The Morgan fingerprint density at radius 3 is 2.81 bits per heavy atom. The number of ether oxygens (including phenoxy) is 3. The van der Waals surface area contributed by atoms with E-state index in [9.17, 15) is 0 Å². The lowest BCUT2D eigenvalue weighted by atomic mass is 10.2. The van der Waals surface area contributed by atoms with Crippen molar-refractivity contribution in [3.8, 4) is 11.5 Å². The second-order valence-electron chi connectivity index (χ2n) is 3.67. The van der Waals surface area contributed by atoms with Crippen molar-refractivity contribution in [1.29, 1.82) is 0 Å². The Labute approximate surface area is 95.3 Å². The maximum Gasteiger partial charge on any atom is 0.161 e. The van der Waals surface area contributed by atoms with Crippen molar-refractivity contribution in [1.82, 2.24) is 0 Å². The number of hydrogen-bond donors (Lipinski definition) is 1. The van der Waals surface area contributed by atoms with Crippen molar-refractivity contribution < 1.29 is 14.2 Å². The van der Waals surface area contributed by atoms with Crippen molar-refractivity contribution in [2.45, 2.75) is 13.0 Å². The summed E-state index contributed by atoms with van der Waals surface area (Å²) in [6, 6.07) is 5.89. The van der Waals surface area contributed by atoms with E-state index in [2.05, 4.69) is 0 Å². The molecule has 1 aliphatic rings. The zero-order chi connectivity index (χ0) is 11.2. The molecule has 2 N–H and O–H groups in total. The molecule has 2 rings (SSSR count). The van der Waals surface area contributed by atoms with Gasteiger partial charge in [0.2, 0.25) is 0 Å². The van der Waals surface area contributed by atoms with E-state index >= 15 is 0 Å². The number of fused-ring (bicyclic) bond motifs is 1. The first-order valence-electron chi connectivity index (χ1n) is 5.56. The fraction of sp³-hybridized carbons (Fsp3) is 0.500. The van der Waals surface area contributed by atoms with Crippen molar-refractivity contribution in [3.63, 3.8) is 0 Å². The molecule has 0 atom stereocenters. The summed E-state index contributed by atoms with van der Waals surface area (Å²) in [6.07, 6.45) is 0.893. The summed E-state index contributed by atoms with van der Waals surface area (Å²) in [6.45, 7) is 3.20. The average Bonchev–Trinajstić information content (AvgIpc) is 2.34. The third-order valence-corrected chi connectivity index (χ3v) is 2.37. The fourth-order valence-electron chi connectivity index (χ4n) is 1.55. The summed E-state index contributed by atoms with van der Waals surface area (Å²) in [4.78, 5) is 0. The third-order valence-electron chi connectivity index (χ3n) is 2.37. The van der Waals surface area contributed by atoms with E-state index < -0.39 is 0 Å². The van der Waals surface area contributed by atoms with Gasteiger partial charge in [0.15, 0.2) is 11.5 Å². The van der Waals surface area contributed by atoms with Gasteiger partial charge < -0.3 is 19.9 Å². The molecule has 0 aliphatic carbocycles. The molecular formula is C12H17NO3. The van der Waals surface area contributed by atoms with Gasteiger partial charge in [0.05, 0.1) is 6.61 Å². The van der Waals surface area contributed by atoms with Gasteiger partial charge in [-0.15, -0.1) is 0 Å². The van der Waals surface area contributed by atoms with E-state index in [1.165, 1.54) is 0 Å². The first-order chi connectivity index (χ1) is 7.90. The molecule has 0 amide bonds. The molecule has 4 nitrogen and oxygen atoms in total. The second kappa shape index (κ2) is 5.72. The molecule has 0 aromatic heterocycles. The monoisotopic (exact) mass is 223 g/mol. The lowest BCUT2D eigenvalue weighted by Gasteiger charge is -2.18. The highest BCUT2D eigenvalue weighted by atomic mass is 16.6. The van der Waals surface area contributed by atoms with Crippen LogP contribution in [0, 0.1) is 0 Å². The highest BCUT2D eigenvalue weighted by Gasteiger charge is 2.11. The molecule has 4 heteroatoms. The van der Waals surface area contributed by atoms with Crippen LogP contribution in [0.5, 0.6) is 11.5 Å². The van der Waals surface area contributed by atoms with Crippen LogP contribution in [0.25, 0.3) is 0 Å². The summed E-state index contributed by atoms with van der Waals surface area (Å²) < 4.78 is 16.4. The van der Waals surface area contributed by atoms with Gasteiger partial charge in [-0.1, -0.05) is 6.07 Å². The van der Waals surface area contributed by atoms with Crippen LogP contribution >= 0.6 is 0 Å². The summed E-state index contributed by atoms with van der Waals surface area (Å²) in [7, 11) is 0. The molecule has 1 aliphatic heterocycles. The molecule has 0 saturated heterocycles. The molecule has 0 saturated carbocycles. The minimum Gasteiger partial charge on any atom is -0.486 e. The van der Waals surface area contributed by atoms with Gasteiger partial charge in [-0.3, -0.25) is 0 Å². The zero-order valence-corrected chi connectivity index (χ0v) is 9.28. The molecule has 0 fully saturated rings. The summed E-state index contributed by atoms with van der Waals surface area (Å²) in [5, 5.41) is 0. The third kappa shape index (κ3) is 2.87. The van der Waals surface area contributed by atoms with Gasteiger partial charge in [0.25, 0.3) is 0 Å². The molecule has 0 spiro atoms. The van der Waals surface area contributed by atoms with Crippen LogP contribution in [-0.2, 0) is 11.3 Å². The van der Waals surface area contributed by atoms with E-state index in [1.54, 1.807) is 0 Å².